The van der Waals surface area contributed by atoms with Crippen LogP contribution in [0, 0.1) is 0 Å². The highest BCUT2D eigenvalue weighted by Crippen LogP contribution is 2.55. The summed E-state index contributed by atoms with van der Waals surface area (Å²) in [6, 6.07) is 6.82. The van der Waals surface area contributed by atoms with Crippen LogP contribution in [0.1, 0.15) is 49.4 Å². The molecule has 1 saturated carbocycles. The number of hydrogen-bond acceptors (Lipinski definition) is 4. The lowest BCUT2D eigenvalue weighted by Crippen LogP contribution is -2.22. The van der Waals surface area contributed by atoms with Crippen molar-refractivity contribution in [1.29, 1.82) is 0 Å². The first-order chi connectivity index (χ1) is 10.1. The third-order valence-electron chi connectivity index (χ3n) is 4.02. The second kappa shape index (κ2) is 7.24. The van der Waals surface area contributed by atoms with Gasteiger partial charge in [-0.2, -0.15) is 0 Å². The van der Waals surface area contributed by atoms with Gasteiger partial charge in [0.25, 0.3) is 0 Å². The molecule has 1 aliphatic rings. The first-order valence-corrected chi connectivity index (χ1v) is 9.24. The Morgan fingerprint density at radius 3 is 2.33 bits per heavy atom. The van der Waals surface area contributed by atoms with Crippen LogP contribution >= 0.6 is 7.37 Å². The van der Waals surface area contributed by atoms with Crippen molar-refractivity contribution in [1.82, 2.24) is 0 Å². The van der Waals surface area contributed by atoms with Crippen molar-refractivity contribution in [3.8, 4) is 0 Å². The van der Waals surface area contributed by atoms with Crippen molar-refractivity contribution >= 4 is 18.6 Å². The van der Waals surface area contributed by atoms with E-state index in [0.29, 0.717) is 17.5 Å². The fourth-order valence-electron chi connectivity index (χ4n) is 2.93. The average molecular weight is 310 g/mol. The van der Waals surface area contributed by atoms with Gasteiger partial charge >= 0.3 is 5.97 Å². The van der Waals surface area contributed by atoms with Gasteiger partial charge in [0.05, 0.1) is 19.3 Å². The summed E-state index contributed by atoms with van der Waals surface area (Å²) in [7, 11) is -1.51. The van der Waals surface area contributed by atoms with Crippen LogP contribution in [-0.2, 0) is 13.8 Å². The molecule has 1 aliphatic carbocycles. The van der Waals surface area contributed by atoms with Crippen LogP contribution in [0.3, 0.4) is 0 Å². The lowest BCUT2D eigenvalue weighted by atomic mass is 10.0. The van der Waals surface area contributed by atoms with Crippen molar-refractivity contribution in [3.63, 3.8) is 0 Å². The summed E-state index contributed by atoms with van der Waals surface area (Å²) in [6.45, 7) is 2.31. The lowest BCUT2D eigenvalue weighted by molar-refractivity contribution is 0.0600. The fraction of sp³-hybridized carbons (Fsp3) is 0.562. The third kappa shape index (κ3) is 3.56. The standard InChI is InChI=1S/C16H23O4P/c1-3-20-21(18,14-7-5-4-6-8-14)15-11-9-13(10-12-15)16(17)19-2/h9-12,14H,3-8H2,1-2H3. The van der Waals surface area contributed by atoms with Crippen molar-refractivity contribution in [2.24, 2.45) is 0 Å². The van der Waals surface area contributed by atoms with Crippen LogP contribution in [-0.4, -0.2) is 25.3 Å². The summed E-state index contributed by atoms with van der Waals surface area (Å²) in [5, 5.41) is 0.712. The smallest absolute Gasteiger partial charge is 0.337 e. The largest absolute Gasteiger partial charge is 0.465 e. The molecule has 0 heterocycles. The second-order valence-corrected chi connectivity index (χ2v) is 8.04. The third-order valence-corrected chi connectivity index (χ3v) is 7.16. The summed E-state index contributed by atoms with van der Waals surface area (Å²) in [5.41, 5.74) is 0.572. The number of ether oxygens (including phenoxy) is 1. The Balaban J connectivity index is 2.28. The van der Waals surface area contributed by atoms with E-state index < -0.39 is 7.37 Å². The van der Waals surface area contributed by atoms with Gasteiger partial charge in [0.1, 0.15) is 0 Å². The summed E-state index contributed by atoms with van der Waals surface area (Å²) in [6.07, 6.45) is 5.35. The molecule has 116 valence electrons. The highest BCUT2D eigenvalue weighted by atomic mass is 31.2. The molecule has 1 aromatic carbocycles. The van der Waals surface area contributed by atoms with E-state index in [1.807, 2.05) is 6.92 Å². The molecule has 0 aliphatic heterocycles. The molecular formula is C16H23O4P. The van der Waals surface area contributed by atoms with Crippen LogP contribution in [0.25, 0.3) is 0 Å². The number of methoxy groups -OCH3 is 1. The molecule has 0 bridgehead atoms. The van der Waals surface area contributed by atoms with Gasteiger partial charge in [0, 0.05) is 11.0 Å². The van der Waals surface area contributed by atoms with E-state index >= 15 is 0 Å². The maximum Gasteiger partial charge on any atom is 0.337 e. The summed E-state index contributed by atoms with van der Waals surface area (Å²) in [5.74, 6) is -0.384. The first kappa shape index (κ1) is 16.3. The maximum absolute atomic E-state index is 13.4. The number of carbonyl (C=O) groups excluding carboxylic acids is 1. The van der Waals surface area contributed by atoms with Gasteiger partial charge in [-0.05, 0) is 44.0 Å². The number of hydrogen-bond donors (Lipinski definition) is 0. The molecule has 0 radical (unpaired) electrons. The highest BCUT2D eigenvalue weighted by Gasteiger charge is 2.36. The van der Waals surface area contributed by atoms with Gasteiger partial charge in [0.2, 0.25) is 7.37 Å². The van der Waals surface area contributed by atoms with Crippen LogP contribution in [0.4, 0.5) is 0 Å². The fourth-order valence-corrected chi connectivity index (χ4v) is 5.70. The normalized spacial score (nSPS) is 19.0. The Bertz CT molecular complexity index is 518. The van der Waals surface area contributed by atoms with Crippen LogP contribution in [0.15, 0.2) is 24.3 Å². The summed E-state index contributed by atoms with van der Waals surface area (Å²) >= 11 is 0. The maximum atomic E-state index is 13.4. The van der Waals surface area contributed by atoms with Gasteiger partial charge in [-0.1, -0.05) is 19.3 Å². The van der Waals surface area contributed by atoms with Crippen molar-refractivity contribution < 1.29 is 18.6 Å². The van der Waals surface area contributed by atoms with E-state index in [-0.39, 0.29) is 11.6 Å². The second-order valence-electron chi connectivity index (χ2n) is 5.35. The molecule has 5 heteroatoms. The molecule has 1 atom stereocenters. The predicted molar refractivity (Wildman–Crippen MR) is 83.5 cm³/mol. The number of esters is 1. The molecule has 0 N–H and O–H groups in total. The zero-order chi connectivity index (χ0) is 15.3. The van der Waals surface area contributed by atoms with E-state index in [1.165, 1.54) is 13.5 Å². The highest BCUT2D eigenvalue weighted by molar-refractivity contribution is 7.67. The van der Waals surface area contributed by atoms with E-state index in [0.717, 1.165) is 25.7 Å². The Hall–Kier alpha value is -1.12. The minimum atomic E-state index is -2.86. The molecule has 21 heavy (non-hydrogen) atoms. The van der Waals surface area contributed by atoms with Crippen molar-refractivity contribution in [3.05, 3.63) is 29.8 Å². The lowest BCUT2D eigenvalue weighted by Gasteiger charge is -2.30. The molecule has 4 nitrogen and oxygen atoms in total. The van der Waals surface area contributed by atoms with Gasteiger partial charge in [-0.3, -0.25) is 4.57 Å². The van der Waals surface area contributed by atoms with Gasteiger partial charge in [-0.15, -0.1) is 0 Å². The van der Waals surface area contributed by atoms with Gasteiger partial charge < -0.3 is 9.26 Å². The zero-order valence-electron chi connectivity index (χ0n) is 12.7. The number of carbonyl (C=O) groups is 1. The predicted octanol–water partition coefficient (Wildman–Crippen LogP) is 3.75. The van der Waals surface area contributed by atoms with Gasteiger partial charge in [-0.25, -0.2) is 4.79 Å². The average Bonchev–Trinajstić information content (AvgIpc) is 2.55. The SMILES string of the molecule is CCOP(=O)(c1ccc(C(=O)OC)cc1)C1CCCCC1. The topological polar surface area (TPSA) is 52.6 Å². The van der Waals surface area contributed by atoms with E-state index in [4.69, 9.17) is 4.52 Å². The van der Waals surface area contributed by atoms with E-state index in [9.17, 15) is 9.36 Å². The Morgan fingerprint density at radius 1 is 1.19 bits per heavy atom. The zero-order valence-corrected chi connectivity index (χ0v) is 13.6. The van der Waals surface area contributed by atoms with E-state index in [1.54, 1.807) is 24.3 Å². The Morgan fingerprint density at radius 2 is 1.81 bits per heavy atom. The van der Waals surface area contributed by atoms with E-state index in [2.05, 4.69) is 4.74 Å². The quantitative estimate of drug-likeness (QED) is 0.614. The molecular weight excluding hydrogens is 287 g/mol. The molecule has 1 aromatic rings. The van der Waals surface area contributed by atoms with Crippen LogP contribution in [0.2, 0.25) is 0 Å². The van der Waals surface area contributed by atoms with Crippen molar-refractivity contribution in [2.75, 3.05) is 13.7 Å². The molecule has 1 fully saturated rings. The molecule has 0 aromatic heterocycles. The molecule has 1 unspecified atom stereocenters. The minimum Gasteiger partial charge on any atom is -0.465 e. The monoisotopic (exact) mass is 310 g/mol. The molecule has 0 saturated heterocycles. The summed E-state index contributed by atoms with van der Waals surface area (Å²) < 4.78 is 23.8. The minimum absolute atomic E-state index is 0.107. The molecule has 0 amide bonds. The Kier molecular flexibility index (Phi) is 5.60. The van der Waals surface area contributed by atoms with Crippen LogP contribution in [0.5, 0.6) is 0 Å². The molecule has 2 rings (SSSR count). The number of benzene rings is 1. The first-order valence-electron chi connectivity index (χ1n) is 7.55. The summed E-state index contributed by atoms with van der Waals surface area (Å²) in [4.78, 5) is 11.5. The number of rotatable bonds is 5. The molecule has 0 spiro atoms. The Labute approximate surface area is 126 Å². The van der Waals surface area contributed by atoms with Crippen molar-refractivity contribution in [2.45, 2.75) is 44.7 Å². The van der Waals surface area contributed by atoms with Crippen LogP contribution < -0.4 is 5.30 Å². The van der Waals surface area contributed by atoms with Gasteiger partial charge in [0.15, 0.2) is 0 Å².